The molecule has 2 heterocycles. The van der Waals surface area contributed by atoms with Crippen LogP contribution in [-0.4, -0.2) is 47.0 Å². The van der Waals surface area contributed by atoms with Crippen LogP contribution in [0, 0.1) is 6.92 Å². The fraction of sp³-hybridized carbons (Fsp3) is 0.643. The summed E-state index contributed by atoms with van der Waals surface area (Å²) in [6, 6.07) is 0. The maximum atomic E-state index is 11.9. The summed E-state index contributed by atoms with van der Waals surface area (Å²) in [5, 5.41) is 3.19. The van der Waals surface area contributed by atoms with E-state index in [2.05, 4.69) is 15.3 Å². The van der Waals surface area contributed by atoms with Gasteiger partial charge < -0.3 is 15.0 Å². The van der Waals surface area contributed by atoms with Gasteiger partial charge in [0.1, 0.15) is 12.1 Å². The molecule has 2 rings (SSSR count). The summed E-state index contributed by atoms with van der Waals surface area (Å²) in [6.07, 6.45) is 4.22. The summed E-state index contributed by atoms with van der Waals surface area (Å²) in [4.78, 5) is 22.1. The standard InChI is InChI=1S/C14H22N4O2/c1-3-20-14-11(2)13(16-10-17-14)15-7-6-12(19)18-8-4-5-9-18/h10H,3-9H2,1-2H3,(H,15,16,17). The minimum absolute atomic E-state index is 0.215. The van der Waals surface area contributed by atoms with Crippen molar-refractivity contribution in [3.8, 4) is 5.88 Å². The Bertz CT molecular complexity index is 458. The lowest BCUT2D eigenvalue weighted by molar-refractivity contribution is -0.129. The molecule has 20 heavy (non-hydrogen) atoms. The number of nitrogens with one attached hydrogen (secondary N) is 1. The van der Waals surface area contributed by atoms with Gasteiger partial charge in [-0.1, -0.05) is 0 Å². The van der Waals surface area contributed by atoms with Gasteiger partial charge in [-0.15, -0.1) is 0 Å². The van der Waals surface area contributed by atoms with E-state index in [9.17, 15) is 4.79 Å². The van der Waals surface area contributed by atoms with E-state index < -0.39 is 0 Å². The topological polar surface area (TPSA) is 67.4 Å². The Morgan fingerprint density at radius 3 is 2.85 bits per heavy atom. The number of carbonyl (C=O) groups excluding carboxylic acids is 1. The number of nitrogens with zero attached hydrogens (tertiary/aromatic N) is 3. The van der Waals surface area contributed by atoms with Crippen molar-refractivity contribution in [3.05, 3.63) is 11.9 Å². The van der Waals surface area contributed by atoms with Gasteiger partial charge in [-0.05, 0) is 26.7 Å². The first kappa shape index (κ1) is 14.6. The van der Waals surface area contributed by atoms with Crippen LogP contribution in [0.3, 0.4) is 0 Å². The molecule has 0 saturated carbocycles. The molecule has 0 atom stereocenters. The number of rotatable bonds is 6. The molecular weight excluding hydrogens is 256 g/mol. The summed E-state index contributed by atoms with van der Waals surface area (Å²) in [7, 11) is 0. The van der Waals surface area contributed by atoms with Crippen molar-refractivity contribution in [2.45, 2.75) is 33.1 Å². The van der Waals surface area contributed by atoms with E-state index in [0.29, 0.717) is 25.5 Å². The number of amides is 1. The van der Waals surface area contributed by atoms with Gasteiger partial charge in [0.05, 0.1) is 12.2 Å². The monoisotopic (exact) mass is 278 g/mol. The van der Waals surface area contributed by atoms with Gasteiger partial charge >= 0.3 is 0 Å². The molecule has 1 saturated heterocycles. The van der Waals surface area contributed by atoms with E-state index in [1.165, 1.54) is 6.33 Å². The van der Waals surface area contributed by atoms with Crippen LogP contribution in [0.2, 0.25) is 0 Å². The molecule has 1 amide bonds. The Hall–Kier alpha value is -1.85. The fourth-order valence-corrected chi connectivity index (χ4v) is 2.31. The normalized spacial score (nSPS) is 14.4. The second-order valence-electron chi connectivity index (χ2n) is 4.85. The molecule has 1 aliphatic heterocycles. The number of aromatic nitrogens is 2. The molecule has 1 fully saturated rings. The van der Waals surface area contributed by atoms with Crippen LogP contribution in [0.5, 0.6) is 5.88 Å². The van der Waals surface area contributed by atoms with E-state index in [1.807, 2.05) is 18.7 Å². The molecular formula is C14H22N4O2. The second kappa shape index (κ2) is 7.07. The zero-order chi connectivity index (χ0) is 14.4. The van der Waals surface area contributed by atoms with Crippen LogP contribution in [0.15, 0.2) is 6.33 Å². The van der Waals surface area contributed by atoms with Crippen molar-refractivity contribution in [2.24, 2.45) is 0 Å². The molecule has 6 nitrogen and oxygen atoms in total. The van der Waals surface area contributed by atoms with Crippen molar-refractivity contribution in [2.75, 3.05) is 31.6 Å². The third-order valence-electron chi connectivity index (χ3n) is 3.41. The number of likely N-dealkylation sites (tertiary alicyclic amines) is 1. The molecule has 110 valence electrons. The van der Waals surface area contributed by atoms with Crippen LogP contribution in [0.4, 0.5) is 5.82 Å². The average Bonchev–Trinajstić information content (AvgIpc) is 2.97. The van der Waals surface area contributed by atoms with Gasteiger partial charge in [-0.25, -0.2) is 9.97 Å². The highest BCUT2D eigenvalue weighted by Crippen LogP contribution is 2.20. The van der Waals surface area contributed by atoms with Crippen LogP contribution < -0.4 is 10.1 Å². The highest BCUT2D eigenvalue weighted by atomic mass is 16.5. The summed E-state index contributed by atoms with van der Waals surface area (Å²) < 4.78 is 5.42. The highest BCUT2D eigenvalue weighted by molar-refractivity contribution is 5.77. The predicted molar refractivity (Wildman–Crippen MR) is 76.9 cm³/mol. The van der Waals surface area contributed by atoms with E-state index in [4.69, 9.17) is 4.74 Å². The van der Waals surface area contributed by atoms with E-state index in [0.717, 1.165) is 37.3 Å². The first-order chi connectivity index (χ1) is 9.72. The first-order valence-electron chi connectivity index (χ1n) is 7.18. The summed E-state index contributed by atoms with van der Waals surface area (Å²) >= 11 is 0. The molecule has 1 N–H and O–H groups in total. The highest BCUT2D eigenvalue weighted by Gasteiger charge is 2.17. The van der Waals surface area contributed by atoms with E-state index >= 15 is 0 Å². The van der Waals surface area contributed by atoms with Crippen LogP contribution >= 0.6 is 0 Å². The van der Waals surface area contributed by atoms with E-state index in [1.54, 1.807) is 0 Å². The summed E-state index contributed by atoms with van der Waals surface area (Å²) in [5.41, 5.74) is 0.878. The van der Waals surface area contributed by atoms with Gasteiger partial charge in [0.25, 0.3) is 0 Å². The van der Waals surface area contributed by atoms with Crippen LogP contribution in [0.25, 0.3) is 0 Å². The maximum absolute atomic E-state index is 11.9. The maximum Gasteiger partial charge on any atom is 0.224 e. The number of hydrogen-bond donors (Lipinski definition) is 1. The Morgan fingerprint density at radius 2 is 2.15 bits per heavy atom. The van der Waals surface area contributed by atoms with Gasteiger partial charge in [-0.3, -0.25) is 4.79 Å². The molecule has 1 aromatic heterocycles. The fourth-order valence-electron chi connectivity index (χ4n) is 2.31. The lowest BCUT2D eigenvalue weighted by Gasteiger charge is -2.16. The molecule has 0 spiro atoms. The van der Waals surface area contributed by atoms with Crippen molar-refractivity contribution < 1.29 is 9.53 Å². The predicted octanol–water partition coefficient (Wildman–Crippen LogP) is 1.61. The lowest BCUT2D eigenvalue weighted by Crippen LogP contribution is -2.29. The third-order valence-corrected chi connectivity index (χ3v) is 3.41. The number of hydrogen-bond acceptors (Lipinski definition) is 5. The SMILES string of the molecule is CCOc1ncnc(NCCC(=O)N2CCCC2)c1C. The zero-order valence-electron chi connectivity index (χ0n) is 12.2. The van der Waals surface area contributed by atoms with Crippen molar-refractivity contribution >= 4 is 11.7 Å². The van der Waals surface area contributed by atoms with Gasteiger partial charge in [-0.2, -0.15) is 0 Å². The molecule has 0 aromatic carbocycles. The van der Waals surface area contributed by atoms with Crippen LogP contribution in [-0.2, 0) is 4.79 Å². The third kappa shape index (κ3) is 3.59. The zero-order valence-corrected chi connectivity index (χ0v) is 12.2. The summed E-state index contributed by atoms with van der Waals surface area (Å²) in [5.74, 6) is 1.54. The lowest BCUT2D eigenvalue weighted by atomic mass is 10.3. The van der Waals surface area contributed by atoms with Crippen molar-refractivity contribution in [1.29, 1.82) is 0 Å². The first-order valence-corrected chi connectivity index (χ1v) is 7.18. The molecule has 6 heteroatoms. The number of carbonyl (C=O) groups is 1. The minimum Gasteiger partial charge on any atom is -0.478 e. The summed E-state index contributed by atoms with van der Waals surface area (Å²) in [6.45, 7) is 6.79. The molecule has 0 aliphatic carbocycles. The quantitative estimate of drug-likeness (QED) is 0.856. The second-order valence-corrected chi connectivity index (χ2v) is 4.85. The Kier molecular flexibility index (Phi) is 5.15. The molecule has 0 radical (unpaired) electrons. The molecule has 0 bridgehead atoms. The van der Waals surface area contributed by atoms with Crippen LogP contribution in [0.1, 0.15) is 31.7 Å². The largest absolute Gasteiger partial charge is 0.478 e. The van der Waals surface area contributed by atoms with Gasteiger partial charge in [0.2, 0.25) is 11.8 Å². The minimum atomic E-state index is 0.215. The van der Waals surface area contributed by atoms with Crippen molar-refractivity contribution in [1.82, 2.24) is 14.9 Å². The molecule has 1 aliphatic rings. The molecule has 1 aromatic rings. The average molecular weight is 278 g/mol. The molecule has 0 unspecified atom stereocenters. The number of ether oxygens (including phenoxy) is 1. The Morgan fingerprint density at radius 1 is 1.40 bits per heavy atom. The van der Waals surface area contributed by atoms with Gasteiger partial charge in [0, 0.05) is 26.1 Å². The number of anilines is 1. The smallest absolute Gasteiger partial charge is 0.224 e. The Balaban J connectivity index is 1.84. The van der Waals surface area contributed by atoms with Gasteiger partial charge in [0.15, 0.2) is 0 Å². The van der Waals surface area contributed by atoms with Crippen molar-refractivity contribution in [3.63, 3.8) is 0 Å². The Labute approximate surface area is 119 Å². The van der Waals surface area contributed by atoms with E-state index in [-0.39, 0.29) is 5.91 Å².